The zero-order chi connectivity index (χ0) is 13.8. The highest BCUT2D eigenvalue weighted by Gasteiger charge is 2.26. The maximum atomic E-state index is 6.06. The lowest BCUT2D eigenvalue weighted by Crippen LogP contribution is -2.27. The van der Waals surface area contributed by atoms with Gasteiger partial charge in [-0.15, -0.1) is 0 Å². The molecule has 1 N–H and O–H groups in total. The van der Waals surface area contributed by atoms with Gasteiger partial charge in [-0.1, -0.05) is 54.1 Å². The molecule has 0 aromatic heterocycles. The number of benzene rings is 2. The first kappa shape index (κ1) is 13.6. The molecule has 2 aromatic rings. The van der Waals surface area contributed by atoms with Crippen LogP contribution in [0.5, 0.6) is 0 Å². The van der Waals surface area contributed by atoms with Gasteiger partial charge in [0.15, 0.2) is 0 Å². The van der Waals surface area contributed by atoms with E-state index in [4.69, 9.17) is 16.4 Å². The first-order chi connectivity index (χ1) is 9.83. The van der Waals surface area contributed by atoms with Crippen molar-refractivity contribution in [1.29, 1.82) is 0 Å². The van der Waals surface area contributed by atoms with Gasteiger partial charge in [-0.2, -0.15) is 5.06 Å². The minimum atomic E-state index is 0.0670. The Kier molecular flexibility index (Phi) is 4.33. The average molecular weight is 289 g/mol. The van der Waals surface area contributed by atoms with Crippen LogP contribution in [0.25, 0.3) is 0 Å². The largest absolute Gasteiger partial charge is 0.295 e. The van der Waals surface area contributed by atoms with Gasteiger partial charge in [0.25, 0.3) is 0 Å². The van der Waals surface area contributed by atoms with E-state index in [1.807, 2.05) is 41.5 Å². The van der Waals surface area contributed by atoms with Crippen molar-refractivity contribution in [1.82, 2.24) is 10.4 Å². The van der Waals surface area contributed by atoms with E-state index in [0.29, 0.717) is 6.61 Å². The summed E-state index contributed by atoms with van der Waals surface area (Å²) in [7, 11) is 0. The predicted octanol–water partition coefficient (Wildman–Crippen LogP) is 3.38. The van der Waals surface area contributed by atoms with Crippen molar-refractivity contribution in [3.8, 4) is 0 Å². The maximum Gasteiger partial charge on any atom is 0.110 e. The third kappa shape index (κ3) is 3.19. The molecule has 1 atom stereocenters. The number of hydroxylamine groups is 2. The van der Waals surface area contributed by atoms with Crippen molar-refractivity contribution in [3.05, 3.63) is 70.7 Å². The lowest BCUT2D eigenvalue weighted by atomic mass is 10.2. The second kappa shape index (κ2) is 6.37. The Morgan fingerprint density at radius 1 is 1.15 bits per heavy atom. The van der Waals surface area contributed by atoms with E-state index in [-0.39, 0.29) is 6.17 Å². The molecule has 2 aromatic carbocycles. The standard InChI is InChI=1S/C16H17ClN2O/c17-15-8-4-7-14(11-15)16-18-9-10-19(16)20-12-13-5-2-1-3-6-13/h1-8,11,16,18H,9-10,12H2. The van der Waals surface area contributed by atoms with Crippen LogP contribution in [0.4, 0.5) is 0 Å². The Bertz CT molecular complexity index is 561. The molecule has 4 heteroatoms. The number of rotatable bonds is 4. The Balaban J connectivity index is 1.67. The molecule has 0 spiro atoms. The molecule has 0 bridgehead atoms. The van der Waals surface area contributed by atoms with E-state index in [0.717, 1.165) is 23.7 Å². The molecule has 0 saturated carbocycles. The highest BCUT2D eigenvalue weighted by Crippen LogP contribution is 2.24. The smallest absolute Gasteiger partial charge is 0.110 e. The van der Waals surface area contributed by atoms with Crippen LogP contribution in [0.2, 0.25) is 5.02 Å². The fourth-order valence-corrected chi connectivity index (χ4v) is 2.57. The molecule has 1 fully saturated rings. The van der Waals surface area contributed by atoms with Crippen molar-refractivity contribution in [2.45, 2.75) is 12.8 Å². The highest BCUT2D eigenvalue weighted by molar-refractivity contribution is 6.30. The van der Waals surface area contributed by atoms with Crippen LogP contribution in [-0.4, -0.2) is 18.2 Å². The topological polar surface area (TPSA) is 24.5 Å². The Morgan fingerprint density at radius 2 is 2.00 bits per heavy atom. The quantitative estimate of drug-likeness (QED) is 0.933. The van der Waals surface area contributed by atoms with Gasteiger partial charge in [0.05, 0.1) is 6.61 Å². The van der Waals surface area contributed by atoms with Crippen molar-refractivity contribution in [2.24, 2.45) is 0 Å². The number of nitrogens with one attached hydrogen (secondary N) is 1. The number of hydrogen-bond donors (Lipinski definition) is 1. The van der Waals surface area contributed by atoms with Crippen molar-refractivity contribution < 1.29 is 4.84 Å². The summed E-state index contributed by atoms with van der Waals surface area (Å²) in [5, 5.41) is 6.16. The summed E-state index contributed by atoms with van der Waals surface area (Å²) < 4.78 is 0. The van der Waals surface area contributed by atoms with Gasteiger partial charge < -0.3 is 0 Å². The minimum absolute atomic E-state index is 0.0670. The molecule has 1 aliphatic heterocycles. The summed E-state index contributed by atoms with van der Waals surface area (Å²) in [6, 6.07) is 18.1. The van der Waals surface area contributed by atoms with Crippen LogP contribution in [0.1, 0.15) is 17.3 Å². The SMILES string of the molecule is Clc1cccc(C2NCCN2OCc2ccccc2)c1. The van der Waals surface area contributed by atoms with E-state index in [1.54, 1.807) is 0 Å². The fourth-order valence-electron chi connectivity index (χ4n) is 2.37. The number of nitrogens with zero attached hydrogens (tertiary/aromatic N) is 1. The lowest BCUT2D eigenvalue weighted by Gasteiger charge is -2.23. The van der Waals surface area contributed by atoms with Crippen LogP contribution in [0.15, 0.2) is 54.6 Å². The summed E-state index contributed by atoms with van der Waals surface area (Å²) in [6.07, 6.45) is 0.0670. The molecule has 104 valence electrons. The highest BCUT2D eigenvalue weighted by atomic mass is 35.5. The predicted molar refractivity (Wildman–Crippen MR) is 80.1 cm³/mol. The molecular weight excluding hydrogens is 272 g/mol. The summed E-state index contributed by atoms with van der Waals surface area (Å²) in [4.78, 5) is 5.92. The molecule has 1 unspecified atom stereocenters. The number of hydrogen-bond acceptors (Lipinski definition) is 3. The van der Waals surface area contributed by atoms with E-state index in [2.05, 4.69) is 23.5 Å². The first-order valence-electron chi connectivity index (χ1n) is 6.75. The average Bonchev–Trinajstić information content (AvgIpc) is 2.95. The molecule has 3 rings (SSSR count). The molecular formula is C16H17ClN2O. The zero-order valence-corrected chi connectivity index (χ0v) is 11.9. The fraction of sp³-hybridized carbons (Fsp3) is 0.250. The molecule has 3 nitrogen and oxygen atoms in total. The second-order valence-corrected chi connectivity index (χ2v) is 5.25. The molecule has 20 heavy (non-hydrogen) atoms. The van der Waals surface area contributed by atoms with E-state index in [1.165, 1.54) is 5.56 Å². The summed E-state index contributed by atoms with van der Waals surface area (Å²) in [6.45, 7) is 2.36. The number of halogens is 1. The van der Waals surface area contributed by atoms with Crippen molar-refractivity contribution >= 4 is 11.6 Å². The Labute approximate surface area is 124 Å². The second-order valence-electron chi connectivity index (χ2n) is 4.81. The van der Waals surface area contributed by atoms with Crippen LogP contribution in [0.3, 0.4) is 0 Å². The van der Waals surface area contributed by atoms with Crippen LogP contribution in [-0.2, 0) is 11.4 Å². The van der Waals surface area contributed by atoms with Gasteiger partial charge >= 0.3 is 0 Å². The van der Waals surface area contributed by atoms with Crippen molar-refractivity contribution in [3.63, 3.8) is 0 Å². The molecule has 0 radical (unpaired) electrons. The maximum absolute atomic E-state index is 6.06. The molecule has 1 heterocycles. The monoisotopic (exact) mass is 288 g/mol. The van der Waals surface area contributed by atoms with Gasteiger partial charge in [0, 0.05) is 18.1 Å². The van der Waals surface area contributed by atoms with Gasteiger partial charge in [0.1, 0.15) is 6.17 Å². The summed E-state index contributed by atoms with van der Waals surface area (Å²) in [5.74, 6) is 0. The normalized spacial score (nSPS) is 19.4. The van der Waals surface area contributed by atoms with Gasteiger partial charge in [-0.05, 0) is 23.3 Å². The zero-order valence-electron chi connectivity index (χ0n) is 11.1. The van der Waals surface area contributed by atoms with Gasteiger partial charge in [0.2, 0.25) is 0 Å². The summed E-state index contributed by atoms with van der Waals surface area (Å²) >= 11 is 6.06. The third-order valence-electron chi connectivity index (χ3n) is 3.36. The van der Waals surface area contributed by atoms with Crippen molar-refractivity contribution in [2.75, 3.05) is 13.1 Å². The van der Waals surface area contributed by atoms with Crippen LogP contribution in [0, 0.1) is 0 Å². The molecule has 1 aliphatic rings. The lowest BCUT2D eigenvalue weighted by molar-refractivity contribution is -0.182. The Hall–Kier alpha value is -1.39. The van der Waals surface area contributed by atoms with Crippen LogP contribution >= 0.6 is 11.6 Å². The summed E-state index contributed by atoms with van der Waals surface area (Å²) in [5.41, 5.74) is 2.30. The molecule has 1 saturated heterocycles. The van der Waals surface area contributed by atoms with Gasteiger partial charge in [-0.25, -0.2) is 0 Å². The molecule has 0 aliphatic carbocycles. The van der Waals surface area contributed by atoms with E-state index >= 15 is 0 Å². The van der Waals surface area contributed by atoms with Crippen LogP contribution < -0.4 is 5.32 Å². The van der Waals surface area contributed by atoms with E-state index < -0.39 is 0 Å². The third-order valence-corrected chi connectivity index (χ3v) is 3.60. The Morgan fingerprint density at radius 3 is 2.80 bits per heavy atom. The molecule has 0 amide bonds. The minimum Gasteiger partial charge on any atom is -0.295 e. The van der Waals surface area contributed by atoms with Gasteiger partial charge in [-0.3, -0.25) is 10.2 Å². The van der Waals surface area contributed by atoms with E-state index in [9.17, 15) is 0 Å². The first-order valence-corrected chi connectivity index (χ1v) is 7.13.